The number of carbonyl (C=O) groups is 4. The third-order valence-corrected chi connectivity index (χ3v) is 5.33. The van der Waals surface area contributed by atoms with Crippen molar-refractivity contribution in [1.82, 2.24) is 15.5 Å². The number of likely N-dealkylation sites (N-methyl/N-ethyl adjacent to an activating group) is 1. The molecule has 1 fully saturated rings. The van der Waals surface area contributed by atoms with Crippen LogP contribution in [0.1, 0.15) is 54.4 Å². The lowest BCUT2D eigenvalue weighted by Gasteiger charge is -2.30. The number of rotatable bonds is 13. The zero-order valence-electron chi connectivity index (χ0n) is 18.1. The van der Waals surface area contributed by atoms with Gasteiger partial charge >= 0.3 is 0 Å². The van der Waals surface area contributed by atoms with Gasteiger partial charge in [0, 0.05) is 36.2 Å². The molecular weight excluding hydrogens is 398 g/mol. The first-order chi connectivity index (χ1) is 15.0. The Morgan fingerprint density at radius 2 is 2.03 bits per heavy atom. The van der Waals surface area contributed by atoms with Crippen molar-refractivity contribution in [3.8, 4) is 0 Å². The van der Waals surface area contributed by atoms with E-state index in [2.05, 4.69) is 16.0 Å². The van der Waals surface area contributed by atoms with E-state index in [1.54, 1.807) is 30.1 Å². The van der Waals surface area contributed by atoms with E-state index < -0.39 is 6.04 Å². The summed E-state index contributed by atoms with van der Waals surface area (Å²) >= 11 is 0. The van der Waals surface area contributed by atoms with Crippen LogP contribution in [0, 0.1) is 0 Å². The molecule has 9 heteroatoms. The van der Waals surface area contributed by atoms with E-state index in [1.165, 1.54) is 0 Å². The highest BCUT2D eigenvalue weighted by Crippen LogP contribution is 2.23. The van der Waals surface area contributed by atoms with Crippen LogP contribution in [0.2, 0.25) is 0 Å². The van der Waals surface area contributed by atoms with Crippen LogP contribution < -0.4 is 21.7 Å². The maximum Gasteiger partial charge on any atom is 0.243 e. The van der Waals surface area contributed by atoms with E-state index in [1.807, 2.05) is 0 Å². The van der Waals surface area contributed by atoms with Gasteiger partial charge in [-0.3, -0.25) is 29.4 Å². The fourth-order valence-electron chi connectivity index (χ4n) is 3.57. The number of unbranched alkanes of at least 4 members (excludes halogenated alkanes) is 1. The summed E-state index contributed by atoms with van der Waals surface area (Å²) in [5.41, 5.74) is 7.13. The van der Waals surface area contributed by atoms with Gasteiger partial charge in [-0.05, 0) is 58.4 Å². The predicted octanol–water partition coefficient (Wildman–Crippen LogP) is 0.783. The molecule has 0 radical (unpaired) electrons. The fraction of sp³-hybridized carbons (Fsp3) is 0.545. The summed E-state index contributed by atoms with van der Waals surface area (Å²) in [7, 11) is 1.77. The van der Waals surface area contributed by atoms with Crippen molar-refractivity contribution in [1.29, 1.82) is 0 Å². The van der Waals surface area contributed by atoms with Gasteiger partial charge in [0.25, 0.3) is 0 Å². The second-order valence-electron chi connectivity index (χ2n) is 7.77. The first kappa shape index (κ1) is 24.6. The van der Waals surface area contributed by atoms with Gasteiger partial charge in [0.1, 0.15) is 6.29 Å². The molecule has 31 heavy (non-hydrogen) atoms. The number of hydrogen-bond acceptors (Lipinski definition) is 7. The van der Waals surface area contributed by atoms with Crippen LogP contribution in [-0.2, 0) is 20.9 Å². The third kappa shape index (κ3) is 7.86. The Kier molecular flexibility index (Phi) is 10.3. The fourth-order valence-corrected chi connectivity index (χ4v) is 3.57. The first-order valence-electron chi connectivity index (χ1n) is 10.8. The summed E-state index contributed by atoms with van der Waals surface area (Å²) in [5, 5.41) is 8.54. The predicted molar refractivity (Wildman–Crippen MR) is 118 cm³/mol. The number of nitrogens with two attached hydrogens (primary N) is 1. The third-order valence-electron chi connectivity index (χ3n) is 5.33. The van der Waals surface area contributed by atoms with Crippen LogP contribution in [0.3, 0.4) is 0 Å². The summed E-state index contributed by atoms with van der Waals surface area (Å²) < 4.78 is 0. The summed E-state index contributed by atoms with van der Waals surface area (Å²) in [6, 6.07) is 4.69. The molecule has 170 valence electrons. The molecule has 0 aromatic heterocycles. The van der Waals surface area contributed by atoms with Gasteiger partial charge in [-0.25, -0.2) is 0 Å². The molecule has 1 aromatic rings. The number of nitrogens with zero attached hydrogens (tertiary/aromatic N) is 1. The van der Waals surface area contributed by atoms with Crippen LogP contribution in [0.4, 0.5) is 5.69 Å². The SMILES string of the molecule is CN(Cc1c(C=O)cccc1NC(=O)CCCCNCCCN)C1CCC(=O)NC1=O. The van der Waals surface area contributed by atoms with Crippen molar-refractivity contribution in [2.75, 3.05) is 32.0 Å². The minimum absolute atomic E-state index is 0.116. The standard InChI is InChI=1S/C22H33N5O4/c1-27(19-9-10-21(30)26-22(19)31)14-17-16(15-28)6-4-7-18(17)25-20(29)8-2-3-12-24-13-5-11-23/h4,6-7,15,19,24H,2-3,5,8-14,23H2,1H3,(H,25,29)(H,26,30,31). The highest BCUT2D eigenvalue weighted by Gasteiger charge is 2.30. The number of benzene rings is 1. The van der Waals surface area contributed by atoms with Crippen molar-refractivity contribution < 1.29 is 19.2 Å². The average molecular weight is 432 g/mol. The number of aldehydes is 1. The lowest BCUT2D eigenvalue weighted by atomic mass is 10.0. The molecule has 9 nitrogen and oxygen atoms in total. The number of carbonyl (C=O) groups excluding carboxylic acids is 4. The lowest BCUT2D eigenvalue weighted by Crippen LogP contribution is -2.51. The highest BCUT2D eigenvalue weighted by molar-refractivity contribution is 6.00. The number of hydrogen-bond donors (Lipinski definition) is 4. The van der Waals surface area contributed by atoms with E-state index in [-0.39, 0.29) is 24.1 Å². The van der Waals surface area contributed by atoms with Gasteiger partial charge in [-0.1, -0.05) is 12.1 Å². The molecule has 1 heterocycles. The minimum atomic E-state index is -0.465. The molecule has 0 saturated carbocycles. The van der Waals surface area contributed by atoms with E-state index in [0.29, 0.717) is 42.7 Å². The largest absolute Gasteiger partial charge is 0.330 e. The van der Waals surface area contributed by atoms with Gasteiger partial charge in [-0.2, -0.15) is 0 Å². The molecule has 0 aliphatic carbocycles. The van der Waals surface area contributed by atoms with E-state index in [9.17, 15) is 19.2 Å². The second kappa shape index (κ2) is 12.9. The van der Waals surface area contributed by atoms with Crippen molar-refractivity contribution in [3.05, 3.63) is 29.3 Å². The molecule has 0 spiro atoms. The normalized spacial score (nSPS) is 16.3. The number of piperidine rings is 1. The Morgan fingerprint density at radius 1 is 1.26 bits per heavy atom. The zero-order chi connectivity index (χ0) is 22.6. The maximum atomic E-state index is 12.4. The Balaban J connectivity index is 1.95. The van der Waals surface area contributed by atoms with Crippen molar-refractivity contribution in [2.24, 2.45) is 5.73 Å². The smallest absolute Gasteiger partial charge is 0.243 e. The van der Waals surface area contributed by atoms with Crippen molar-refractivity contribution >= 4 is 29.7 Å². The van der Waals surface area contributed by atoms with Crippen LogP contribution in [0.25, 0.3) is 0 Å². The molecular formula is C22H33N5O4. The van der Waals surface area contributed by atoms with Crippen molar-refractivity contribution in [2.45, 2.75) is 51.1 Å². The molecule has 1 unspecified atom stereocenters. The Morgan fingerprint density at radius 3 is 2.74 bits per heavy atom. The molecule has 5 N–H and O–H groups in total. The zero-order valence-corrected chi connectivity index (χ0v) is 18.1. The van der Waals surface area contributed by atoms with Gasteiger partial charge in [-0.15, -0.1) is 0 Å². The van der Waals surface area contributed by atoms with E-state index in [4.69, 9.17) is 5.73 Å². The lowest BCUT2D eigenvalue weighted by molar-refractivity contribution is -0.137. The molecule has 1 aromatic carbocycles. The van der Waals surface area contributed by atoms with Crippen LogP contribution in [0.15, 0.2) is 18.2 Å². The van der Waals surface area contributed by atoms with Gasteiger partial charge in [0.05, 0.1) is 6.04 Å². The topological polar surface area (TPSA) is 134 Å². The Bertz CT molecular complexity index is 783. The van der Waals surface area contributed by atoms with E-state index >= 15 is 0 Å². The number of amides is 3. The highest BCUT2D eigenvalue weighted by atomic mass is 16.2. The number of imide groups is 1. The second-order valence-corrected chi connectivity index (χ2v) is 7.77. The molecule has 3 amide bonds. The van der Waals surface area contributed by atoms with Crippen LogP contribution in [-0.4, -0.2) is 61.6 Å². The van der Waals surface area contributed by atoms with Crippen molar-refractivity contribution in [3.63, 3.8) is 0 Å². The summed E-state index contributed by atoms with van der Waals surface area (Å²) in [6.07, 6.45) is 4.40. The molecule has 1 atom stereocenters. The number of anilines is 1. The van der Waals surface area contributed by atoms with Gasteiger partial charge < -0.3 is 16.4 Å². The summed E-state index contributed by atoms with van der Waals surface area (Å²) in [4.78, 5) is 49.4. The maximum absolute atomic E-state index is 12.4. The quantitative estimate of drug-likeness (QED) is 0.206. The molecule has 1 aliphatic heterocycles. The molecule has 1 aliphatic rings. The average Bonchev–Trinajstić information content (AvgIpc) is 2.74. The summed E-state index contributed by atoms with van der Waals surface area (Å²) in [6.45, 7) is 2.68. The van der Waals surface area contributed by atoms with Crippen LogP contribution >= 0.6 is 0 Å². The van der Waals surface area contributed by atoms with E-state index in [0.717, 1.165) is 38.6 Å². The first-order valence-corrected chi connectivity index (χ1v) is 10.8. The van der Waals surface area contributed by atoms with Gasteiger partial charge in [0.15, 0.2) is 0 Å². The molecule has 0 bridgehead atoms. The monoisotopic (exact) mass is 431 g/mol. The summed E-state index contributed by atoms with van der Waals surface area (Å²) in [5.74, 6) is -0.728. The van der Waals surface area contributed by atoms with Gasteiger partial charge in [0.2, 0.25) is 17.7 Å². The molecule has 1 saturated heterocycles. The minimum Gasteiger partial charge on any atom is -0.330 e. The Labute approximate surface area is 183 Å². The number of nitrogens with one attached hydrogen (secondary N) is 3. The van der Waals surface area contributed by atoms with Crippen LogP contribution in [0.5, 0.6) is 0 Å². The Hall–Kier alpha value is -2.62. The molecule has 2 rings (SSSR count).